The Morgan fingerprint density at radius 1 is 1.03 bits per heavy atom. The van der Waals surface area contributed by atoms with Crippen LogP contribution in [0.5, 0.6) is 0 Å². The summed E-state index contributed by atoms with van der Waals surface area (Å²) in [7, 11) is 0. The summed E-state index contributed by atoms with van der Waals surface area (Å²) in [5.41, 5.74) is 6.38. The van der Waals surface area contributed by atoms with Gasteiger partial charge in [0.15, 0.2) is 0 Å². The zero-order valence-electron chi connectivity index (χ0n) is 19.4. The highest BCUT2D eigenvalue weighted by Crippen LogP contribution is 2.33. The molecule has 1 N–H and O–H groups in total. The van der Waals surface area contributed by atoms with Gasteiger partial charge >= 0.3 is 0 Å². The van der Waals surface area contributed by atoms with E-state index in [0.717, 1.165) is 42.0 Å². The first-order chi connectivity index (χ1) is 16.6. The summed E-state index contributed by atoms with van der Waals surface area (Å²) in [4.78, 5) is 12.8. The van der Waals surface area contributed by atoms with Crippen LogP contribution in [0.1, 0.15) is 53.6 Å². The summed E-state index contributed by atoms with van der Waals surface area (Å²) in [6.07, 6.45) is 7.95. The lowest BCUT2D eigenvalue weighted by molar-refractivity contribution is 0.0939. The maximum atomic E-state index is 13.6. The molecule has 34 heavy (non-hydrogen) atoms. The SMILES string of the molecule is CC(Cc1ccco1)NC(=O)c1ccc(-n2c(-c3ccc(F)cc3)cc3c2CCCCC3)cc1. The van der Waals surface area contributed by atoms with E-state index in [1.807, 2.05) is 55.5 Å². The van der Waals surface area contributed by atoms with Crippen molar-refractivity contribution < 1.29 is 13.6 Å². The number of halogens is 1. The van der Waals surface area contributed by atoms with Gasteiger partial charge in [-0.1, -0.05) is 6.42 Å². The fraction of sp³-hybridized carbons (Fsp3) is 0.276. The van der Waals surface area contributed by atoms with Gasteiger partial charge < -0.3 is 14.3 Å². The number of aryl methyl sites for hydroxylation is 1. The molecule has 5 heteroatoms. The van der Waals surface area contributed by atoms with Crippen LogP contribution >= 0.6 is 0 Å². The summed E-state index contributed by atoms with van der Waals surface area (Å²) >= 11 is 0. The number of carbonyl (C=O) groups excluding carboxylic acids is 1. The number of rotatable bonds is 6. The first-order valence-corrected chi connectivity index (χ1v) is 12.0. The Morgan fingerprint density at radius 2 is 1.79 bits per heavy atom. The Balaban J connectivity index is 1.42. The van der Waals surface area contributed by atoms with Crippen molar-refractivity contribution in [1.82, 2.24) is 9.88 Å². The van der Waals surface area contributed by atoms with Crippen molar-refractivity contribution in [2.24, 2.45) is 0 Å². The monoisotopic (exact) mass is 456 g/mol. The molecule has 0 radical (unpaired) electrons. The highest BCUT2D eigenvalue weighted by Gasteiger charge is 2.20. The Hall–Kier alpha value is -3.60. The quantitative estimate of drug-likeness (QED) is 0.336. The van der Waals surface area contributed by atoms with E-state index in [9.17, 15) is 9.18 Å². The van der Waals surface area contributed by atoms with Gasteiger partial charge in [-0.25, -0.2) is 4.39 Å². The van der Waals surface area contributed by atoms with E-state index in [1.54, 1.807) is 6.26 Å². The third-order valence-corrected chi connectivity index (χ3v) is 6.54. The third-order valence-electron chi connectivity index (χ3n) is 6.54. The number of furan rings is 1. The van der Waals surface area contributed by atoms with Crippen LogP contribution < -0.4 is 5.32 Å². The van der Waals surface area contributed by atoms with Crippen molar-refractivity contribution in [3.05, 3.63) is 101 Å². The molecule has 5 rings (SSSR count). The molecule has 1 aliphatic rings. The number of aromatic nitrogens is 1. The van der Waals surface area contributed by atoms with Crippen molar-refractivity contribution in [1.29, 1.82) is 0 Å². The van der Waals surface area contributed by atoms with Crippen LogP contribution in [0.4, 0.5) is 4.39 Å². The Morgan fingerprint density at radius 3 is 2.53 bits per heavy atom. The largest absolute Gasteiger partial charge is 0.469 e. The molecule has 0 saturated heterocycles. The lowest BCUT2D eigenvalue weighted by Gasteiger charge is -2.16. The van der Waals surface area contributed by atoms with Crippen LogP contribution in [0.15, 0.2) is 77.4 Å². The number of carbonyl (C=O) groups is 1. The fourth-order valence-electron chi connectivity index (χ4n) is 4.85. The molecule has 174 valence electrons. The van der Waals surface area contributed by atoms with Gasteiger partial charge in [-0.15, -0.1) is 0 Å². The van der Waals surface area contributed by atoms with Crippen LogP contribution in [0.3, 0.4) is 0 Å². The maximum Gasteiger partial charge on any atom is 0.251 e. The van der Waals surface area contributed by atoms with Crippen molar-refractivity contribution in [3.63, 3.8) is 0 Å². The first kappa shape index (κ1) is 22.2. The summed E-state index contributed by atoms with van der Waals surface area (Å²) < 4.78 is 21.2. The Bertz CT molecular complexity index is 1250. The van der Waals surface area contributed by atoms with Gasteiger partial charge in [0, 0.05) is 29.4 Å². The van der Waals surface area contributed by atoms with Crippen molar-refractivity contribution in [2.45, 2.75) is 51.5 Å². The van der Waals surface area contributed by atoms with Crippen LogP contribution in [0.25, 0.3) is 16.9 Å². The maximum absolute atomic E-state index is 13.6. The molecule has 4 nitrogen and oxygen atoms in total. The van der Waals surface area contributed by atoms with Crippen molar-refractivity contribution in [3.8, 4) is 16.9 Å². The fourth-order valence-corrected chi connectivity index (χ4v) is 4.85. The first-order valence-electron chi connectivity index (χ1n) is 12.0. The van der Waals surface area contributed by atoms with E-state index in [0.29, 0.717) is 12.0 Å². The summed E-state index contributed by atoms with van der Waals surface area (Å²) in [6.45, 7) is 1.97. The molecule has 0 aliphatic heterocycles. The molecule has 2 heterocycles. The molecule has 1 unspecified atom stereocenters. The molecule has 2 aromatic heterocycles. The average Bonchev–Trinajstić information content (AvgIpc) is 3.41. The summed E-state index contributed by atoms with van der Waals surface area (Å²) in [5, 5.41) is 3.05. The zero-order valence-corrected chi connectivity index (χ0v) is 19.4. The van der Waals surface area contributed by atoms with Crippen molar-refractivity contribution >= 4 is 5.91 Å². The van der Waals surface area contributed by atoms with Gasteiger partial charge in [0.05, 0.1) is 12.0 Å². The average molecular weight is 457 g/mol. The second-order valence-electron chi connectivity index (χ2n) is 9.11. The van der Waals surface area contributed by atoms with E-state index in [4.69, 9.17) is 4.42 Å². The Labute approximate surface area is 199 Å². The summed E-state index contributed by atoms with van der Waals surface area (Å²) in [6, 6.07) is 20.4. The standard InChI is InChI=1S/C29H29FN2O2/c1-20(18-26-7-5-17-34-26)31-29(33)22-11-15-25(16-12-22)32-27-8-4-2-3-6-23(27)19-28(32)21-9-13-24(30)14-10-21/h5,7,9-17,19-20H,2-4,6,8,18H2,1H3,(H,31,33). The van der Waals surface area contributed by atoms with Crippen molar-refractivity contribution in [2.75, 3.05) is 0 Å². The van der Waals surface area contributed by atoms with Gasteiger partial charge in [0.2, 0.25) is 0 Å². The lowest BCUT2D eigenvalue weighted by Crippen LogP contribution is -2.33. The van der Waals surface area contributed by atoms with Gasteiger partial charge in [-0.2, -0.15) is 0 Å². The smallest absolute Gasteiger partial charge is 0.251 e. The van der Waals surface area contributed by atoms with Crippen LogP contribution in [-0.2, 0) is 19.3 Å². The Kier molecular flexibility index (Phi) is 6.35. The molecular formula is C29H29FN2O2. The van der Waals surface area contributed by atoms with Gasteiger partial charge in [0.25, 0.3) is 5.91 Å². The molecule has 0 bridgehead atoms. The number of hydrogen-bond donors (Lipinski definition) is 1. The normalized spacial score (nSPS) is 14.3. The minimum atomic E-state index is -0.236. The highest BCUT2D eigenvalue weighted by molar-refractivity contribution is 5.94. The van der Waals surface area contributed by atoms with Gasteiger partial charge in [-0.05, 0) is 110 Å². The lowest BCUT2D eigenvalue weighted by atomic mass is 10.1. The van der Waals surface area contributed by atoms with E-state index < -0.39 is 0 Å². The molecule has 1 aliphatic carbocycles. The van der Waals surface area contributed by atoms with E-state index in [1.165, 1.54) is 36.2 Å². The van der Waals surface area contributed by atoms with Crippen LogP contribution in [0.2, 0.25) is 0 Å². The second-order valence-corrected chi connectivity index (χ2v) is 9.11. The molecule has 1 amide bonds. The molecule has 0 fully saturated rings. The minimum Gasteiger partial charge on any atom is -0.469 e. The van der Waals surface area contributed by atoms with Gasteiger partial charge in [0.1, 0.15) is 11.6 Å². The minimum absolute atomic E-state index is 0.0383. The predicted molar refractivity (Wildman–Crippen MR) is 132 cm³/mol. The molecule has 0 saturated carbocycles. The molecule has 0 spiro atoms. The molecule has 4 aromatic rings. The van der Waals surface area contributed by atoms with E-state index in [-0.39, 0.29) is 17.8 Å². The zero-order chi connectivity index (χ0) is 23.5. The molecule has 2 aromatic carbocycles. The third kappa shape index (κ3) is 4.69. The number of nitrogens with zero attached hydrogens (tertiary/aromatic N) is 1. The molecule has 1 atom stereocenters. The van der Waals surface area contributed by atoms with E-state index in [2.05, 4.69) is 16.0 Å². The van der Waals surface area contributed by atoms with E-state index >= 15 is 0 Å². The van der Waals surface area contributed by atoms with Crippen LogP contribution in [-0.4, -0.2) is 16.5 Å². The van der Waals surface area contributed by atoms with Crippen LogP contribution in [0, 0.1) is 5.82 Å². The topological polar surface area (TPSA) is 47.2 Å². The number of benzene rings is 2. The van der Waals surface area contributed by atoms with Gasteiger partial charge in [-0.3, -0.25) is 4.79 Å². The predicted octanol–water partition coefficient (Wildman–Crippen LogP) is 6.51. The second kappa shape index (κ2) is 9.72. The summed E-state index contributed by atoms with van der Waals surface area (Å²) in [5.74, 6) is 0.514. The number of fused-ring (bicyclic) bond motifs is 1. The highest BCUT2D eigenvalue weighted by atomic mass is 19.1. The number of nitrogens with one attached hydrogen (secondary N) is 1. The molecular weight excluding hydrogens is 427 g/mol. The number of hydrogen-bond acceptors (Lipinski definition) is 2. The number of amides is 1.